The lowest BCUT2D eigenvalue weighted by Gasteiger charge is -2.23. The van der Waals surface area contributed by atoms with Crippen molar-refractivity contribution in [1.29, 1.82) is 5.41 Å². The molecule has 0 amide bonds. The van der Waals surface area contributed by atoms with E-state index in [9.17, 15) is 18.3 Å². The Morgan fingerprint density at radius 3 is 2.59 bits per heavy atom. The Morgan fingerprint density at radius 2 is 2.00 bits per heavy atom. The van der Waals surface area contributed by atoms with Gasteiger partial charge in [-0.05, 0) is 38.1 Å². The summed E-state index contributed by atoms with van der Waals surface area (Å²) in [5.74, 6) is 0. The molecule has 0 fully saturated rings. The van der Waals surface area contributed by atoms with Crippen LogP contribution < -0.4 is 11.1 Å². The summed E-state index contributed by atoms with van der Waals surface area (Å²) in [6, 6.07) is 6.77. The molecule has 6 nitrogen and oxygen atoms in total. The zero-order chi connectivity index (χ0) is 20.2. The quantitative estimate of drug-likeness (QED) is 0.254. The number of alkyl halides is 3. The number of nitrogens with two attached hydrogens (primary N) is 1. The number of aromatic nitrogens is 1. The van der Waals surface area contributed by atoms with Gasteiger partial charge in [0, 0.05) is 28.7 Å². The summed E-state index contributed by atoms with van der Waals surface area (Å²) < 4.78 is 43.4. The number of nitrogens with zero attached hydrogens (tertiary/aromatic N) is 1. The maximum atomic E-state index is 12.7. The molecule has 0 aliphatic carbocycles. The van der Waals surface area contributed by atoms with E-state index in [0.717, 1.165) is 12.3 Å². The first-order valence-corrected chi connectivity index (χ1v) is 8.04. The molecular formula is C18H21F3N4O2. The summed E-state index contributed by atoms with van der Waals surface area (Å²) in [5.41, 5.74) is 5.65. The first-order valence-electron chi connectivity index (χ1n) is 8.04. The van der Waals surface area contributed by atoms with E-state index < -0.39 is 17.5 Å². The predicted octanol–water partition coefficient (Wildman–Crippen LogP) is 3.49. The fraction of sp³-hybridized carbons (Fsp3) is 0.333. The molecule has 9 heteroatoms. The molecule has 2 rings (SSSR count). The Hall–Kier alpha value is -2.65. The van der Waals surface area contributed by atoms with Crippen molar-refractivity contribution in [3.8, 4) is 0 Å². The zero-order valence-electron chi connectivity index (χ0n) is 14.9. The van der Waals surface area contributed by atoms with Crippen LogP contribution in [0.3, 0.4) is 0 Å². The molecule has 0 aliphatic rings. The molecule has 27 heavy (non-hydrogen) atoms. The van der Waals surface area contributed by atoms with Crippen LogP contribution in [-0.4, -0.2) is 23.0 Å². The monoisotopic (exact) mass is 382 g/mol. The molecular weight excluding hydrogens is 361 g/mol. The van der Waals surface area contributed by atoms with Crippen LogP contribution in [0.2, 0.25) is 0 Å². The van der Waals surface area contributed by atoms with Crippen LogP contribution in [0.1, 0.15) is 36.4 Å². The van der Waals surface area contributed by atoms with Gasteiger partial charge in [0.15, 0.2) is 0 Å². The number of halogens is 3. The first kappa shape index (κ1) is 20.7. The van der Waals surface area contributed by atoms with E-state index in [2.05, 4.69) is 10.3 Å². The van der Waals surface area contributed by atoms with Crippen LogP contribution in [-0.2, 0) is 23.1 Å². The number of benzene rings is 1. The van der Waals surface area contributed by atoms with Gasteiger partial charge in [-0.1, -0.05) is 6.07 Å². The molecule has 0 spiro atoms. The van der Waals surface area contributed by atoms with Gasteiger partial charge in [0.25, 0.3) is 0 Å². The highest BCUT2D eigenvalue weighted by Crippen LogP contribution is 2.31. The molecule has 0 aliphatic heterocycles. The van der Waals surface area contributed by atoms with Gasteiger partial charge in [-0.15, -0.1) is 0 Å². The second-order valence-corrected chi connectivity index (χ2v) is 6.41. The highest BCUT2D eigenvalue weighted by Gasteiger charge is 2.32. The van der Waals surface area contributed by atoms with Crippen LogP contribution >= 0.6 is 0 Å². The molecule has 146 valence electrons. The van der Waals surface area contributed by atoms with E-state index >= 15 is 0 Å². The second kappa shape index (κ2) is 7.93. The number of hydrogen-bond acceptors (Lipinski definition) is 6. The molecule has 5 N–H and O–H groups in total. The summed E-state index contributed by atoms with van der Waals surface area (Å²) in [5, 5.41) is 20.6. The Morgan fingerprint density at radius 1 is 1.30 bits per heavy atom. The average Bonchev–Trinajstić information content (AvgIpc) is 2.58. The van der Waals surface area contributed by atoms with Crippen LogP contribution in [0.5, 0.6) is 0 Å². The maximum absolute atomic E-state index is 12.7. The van der Waals surface area contributed by atoms with Crippen LogP contribution in [0.4, 0.5) is 24.5 Å². The molecule has 0 saturated heterocycles. The minimum absolute atomic E-state index is 0.0393. The number of aliphatic hydroxyl groups is 1. The van der Waals surface area contributed by atoms with Gasteiger partial charge in [0.2, 0.25) is 0 Å². The normalized spacial score (nSPS) is 12.1. The van der Waals surface area contributed by atoms with Crippen molar-refractivity contribution in [3.63, 3.8) is 0 Å². The Labute approximate surface area is 154 Å². The number of rotatable bonds is 7. The van der Waals surface area contributed by atoms with Gasteiger partial charge in [-0.3, -0.25) is 0 Å². The van der Waals surface area contributed by atoms with E-state index in [1.807, 2.05) is 0 Å². The lowest BCUT2D eigenvalue weighted by Crippen LogP contribution is -2.20. The highest BCUT2D eigenvalue weighted by atomic mass is 19.4. The van der Waals surface area contributed by atoms with Crippen molar-refractivity contribution >= 4 is 17.6 Å². The van der Waals surface area contributed by atoms with Gasteiger partial charge in [-0.2, -0.15) is 13.2 Å². The minimum Gasteiger partial charge on any atom is -0.398 e. The molecule has 1 heterocycles. The zero-order valence-corrected chi connectivity index (χ0v) is 14.9. The topological polar surface area (TPSA) is 104 Å². The molecule has 0 bridgehead atoms. The summed E-state index contributed by atoms with van der Waals surface area (Å²) in [4.78, 5) is 3.52. The second-order valence-electron chi connectivity index (χ2n) is 6.41. The largest absolute Gasteiger partial charge is 0.433 e. The van der Waals surface area contributed by atoms with Crippen molar-refractivity contribution in [2.45, 2.75) is 32.2 Å². The number of anilines is 2. The third-order valence-electron chi connectivity index (χ3n) is 3.75. The molecule has 0 atom stereocenters. The number of nitrogen functional groups attached to an aromatic ring is 1. The standard InChI is InChI=1S/C18H21F3N4O2/c1-17(2,26)13-7-14(23)11(8-22)6-15(13)24-10-27-9-12-4-3-5-16(25-12)18(19,20)21/h3-8,22,24,26H,9-10,23H2,1-2H3. The van der Waals surface area contributed by atoms with Gasteiger partial charge in [0.05, 0.1) is 17.9 Å². The highest BCUT2D eigenvalue weighted by molar-refractivity contribution is 5.87. The number of ether oxygens (including phenoxy) is 1. The van der Waals surface area contributed by atoms with E-state index in [0.29, 0.717) is 22.5 Å². The smallest absolute Gasteiger partial charge is 0.398 e. The molecule has 0 saturated carbocycles. The van der Waals surface area contributed by atoms with Crippen LogP contribution in [0.25, 0.3) is 0 Å². The Bertz CT molecular complexity index is 817. The molecule has 1 aromatic heterocycles. The fourth-order valence-corrected chi connectivity index (χ4v) is 2.41. The van der Waals surface area contributed by atoms with E-state index in [1.54, 1.807) is 26.0 Å². The van der Waals surface area contributed by atoms with Crippen molar-refractivity contribution in [3.05, 3.63) is 52.8 Å². The number of pyridine rings is 1. The van der Waals surface area contributed by atoms with Crippen molar-refractivity contribution in [2.24, 2.45) is 0 Å². The van der Waals surface area contributed by atoms with Crippen molar-refractivity contribution in [2.75, 3.05) is 17.8 Å². The van der Waals surface area contributed by atoms with Crippen LogP contribution in [0.15, 0.2) is 30.3 Å². The van der Waals surface area contributed by atoms with E-state index in [-0.39, 0.29) is 19.0 Å². The maximum Gasteiger partial charge on any atom is 0.433 e. The van der Waals surface area contributed by atoms with Gasteiger partial charge in [-0.25, -0.2) is 4.98 Å². The van der Waals surface area contributed by atoms with Crippen molar-refractivity contribution < 1.29 is 23.0 Å². The number of nitrogens with one attached hydrogen (secondary N) is 2. The fourth-order valence-electron chi connectivity index (χ4n) is 2.41. The third kappa shape index (κ3) is 5.41. The summed E-state index contributed by atoms with van der Waals surface area (Å²) in [6.45, 7) is 3.01. The molecule has 1 aromatic carbocycles. The lowest BCUT2D eigenvalue weighted by molar-refractivity contribution is -0.141. The van der Waals surface area contributed by atoms with E-state index in [4.69, 9.17) is 15.9 Å². The average molecular weight is 382 g/mol. The summed E-state index contributed by atoms with van der Waals surface area (Å²) in [7, 11) is 0. The Balaban J connectivity index is 2.06. The lowest BCUT2D eigenvalue weighted by atomic mass is 9.94. The summed E-state index contributed by atoms with van der Waals surface area (Å²) >= 11 is 0. The van der Waals surface area contributed by atoms with Crippen molar-refractivity contribution in [1.82, 2.24) is 4.98 Å². The van der Waals surface area contributed by atoms with E-state index in [1.165, 1.54) is 12.1 Å². The van der Waals surface area contributed by atoms with Crippen LogP contribution in [0, 0.1) is 5.41 Å². The third-order valence-corrected chi connectivity index (χ3v) is 3.75. The SMILES string of the molecule is CC(C)(O)c1cc(N)c(C=N)cc1NCOCc1cccc(C(F)(F)F)n1. The van der Waals surface area contributed by atoms with Gasteiger partial charge >= 0.3 is 6.18 Å². The number of hydrogen-bond donors (Lipinski definition) is 4. The molecule has 0 unspecified atom stereocenters. The molecule has 2 aromatic rings. The molecule has 0 radical (unpaired) electrons. The predicted molar refractivity (Wildman–Crippen MR) is 96.5 cm³/mol. The Kier molecular flexibility index (Phi) is 6.07. The van der Waals surface area contributed by atoms with Gasteiger partial charge in [0.1, 0.15) is 12.4 Å². The first-order chi connectivity index (χ1) is 12.5. The minimum atomic E-state index is -4.51. The van der Waals surface area contributed by atoms with Gasteiger partial charge < -0.3 is 26.3 Å². The summed E-state index contributed by atoms with van der Waals surface area (Å²) in [6.07, 6.45) is -3.43.